The average molecular weight is 384 g/mol. The number of likely N-dealkylation sites (N-methyl/N-ethyl adjacent to an activating group) is 1. The Bertz CT molecular complexity index is 828. The molecule has 0 spiro atoms. The molecule has 2 heterocycles. The maximum Gasteiger partial charge on any atom is 0.257 e. The Hall–Kier alpha value is -3.13. The lowest BCUT2D eigenvalue weighted by atomic mass is 10.0. The highest BCUT2D eigenvalue weighted by molar-refractivity contribution is 5.95. The smallest absolute Gasteiger partial charge is 0.257 e. The average Bonchev–Trinajstić information content (AvgIpc) is 2.77. The van der Waals surface area contributed by atoms with Crippen LogP contribution in [0.2, 0.25) is 0 Å². The van der Waals surface area contributed by atoms with E-state index >= 15 is 0 Å². The number of nitrogens with zero attached hydrogens (tertiary/aromatic N) is 2. The molecule has 1 saturated heterocycles. The first-order chi connectivity index (χ1) is 13.6. The van der Waals surface area contributed by atoms with Crippen molar-refractivity contribution >= 4 is 11.8 Å². The molecule has 0 aliphatic carbocycles. The number of ether oxygens (including phenoxy) is 2. The number of hydrogen-bond donors (Lipinski definition) is 2. The van der Waals surface area contributed by atoms with Crippen LogP contribution in [0.15, 0.2) is 42.7 Å². The molecule has 148 valence electrons. The molecule has 0 bridgehead atoms. The first-order valence-corrected chi connectivity index (χ1v) is 9.07. The minimum Gasteiger partial charge on any atom is -0.493 e. The number of carbonyl (C=O) groups excluding carboxylic acids is 2. The first-order valence-electron chi connectivity index (χ1n) is 9.07. The number of carbonyl (C=O) groups is 2. The van der Waals surface area contributed by atoms with Crippen molar-refractivity contribution in [1.29, 1.82) is 0 Å². The van der Waals surface area contributed by atoms with Crippen LogP contribution >= 0.6 is 0 Å². The fraction of sp³-hybridized carbons (Fsp3) is 0.350. The van der Waals surface area contributed by atoms with Crippen molar-refractivity contribution < 1.29 is 19.1 Å². The number of aromatic nitrogens is 1. The number of pyridine rings is 1. The summed E-state index contributed by atoms with van der Waals surface area (Å²) >= 11 is 0. The van der Waals surface area contributed by atoms with Gasteiger partial charge in [-0.3, -0.25) is 14.6 Å². The molecule has 2 aromatic rings. The Kier molecular flexibility index (Phi) is 6.44. The normalized spacial score (nSPS) is 16.4. The van der Waals surface area contributed by atoms with Crippen molar-refractivity contribution in [2.24, 2.45) is 0 Å². The largest absolute Gasteiger partial charge is 0.493 e. The van der Waals surface area contributed by atoms with Gasteiger partial charge in [0.1, 0.15) is 0 Å². The van der Waals surface area contributed by atoms with Gasteiger partial charge in [-0.1, -0.05) is 6.07 Å². The standard InChI is InChI=1S/C20H24N4O4/c1-21-19(25)13-28-17-6-5-14(10-18(17)27-2)20(26)24-9-8-23-12-16(24)15-4-3-7-22-11-15/h3-7,10-11,16,23H,8-9,12-13H2,1-2H3,(H,21,25). The Morgan fingerprint density at radius 1 is 1.32 bits per heavy atom. The maximum absolute atomic E-state index is 13.2. The van der Waals surface area contributed by atoms with Crippen molar-refractivity contribution in [2.75, 3.05) is 40.4 Å². The van der Waals surface area contributed by atoms with Crippen molar-refractivity contribution in [2.45, 2.75) is 6.04 Å². The molecule has 0 radical (unpaired) electrons. The molecule has 1 unspecified atom stereocenters. The van der Waals surface area contributed by atoms with E-state index in [2.05, 4.69) is 15.6 Å². The number of hydrogen-bond acceptors (Lipinski definition) is 6. The van der Waals surface area contributed by atoms with Crippen LogP contribution in [-0.2, 0) is 4.79 Å². The van der Waals surface area contributed by atoms with Crippen LogP contribution in [0.25, 0.3) is 0 Å². The molecular formula is C20H24N4O4. The molecule has 1 aromatic heterocycles. The zero-order chi connectivity index (χ0) is 19.9. The second-order valence-electron chi connectivity index (χ2n) is 6.33. The van der Waals surface area contributed by atoms with Crippen LogP contribution in [0.3, 0.4) is 0 Å². The SMILES string of the molecule is CNC(=O)COc1ccc(C(=O)N2CCNCC2c2cccnc2)cc1OC. The molecule has 2 amide bonds. The lowest BCUT2D eigenvalue weighted by Gasteiger charge is -2.36. The van der Waals surface area contributed by atoms with Gasteiger partial charge < -0.3 is 25.0 Å². The third-order valence-electron chi connectivity index (χ3n) is 4.62. The molecule has 8 nitrogen and oxygen atoms in total. The molecule has 3 rings (SSSR count). The summed E-state index contributed by atoms with van der Waals surface area (Å²) in [4.78, 5) is 30.6. The zero-order valence-electron chi connectivity index (χ0n) is 16.0. The van der Waals surface area contributed by atoms with Crippen molar-refractivity contribution in [3.63, 3.8) is 0 Å². The molecule has 8 heteroatoms. The fourth-order valence-electron chi connectivity index (χ4n) is 3.12. The molecule has 1 aliphatic heterocycles. The predicted octanol–water partition coefficient (Wildman–Crippen LogP) is 1.00. The van der Waals surface area contributed by atoms with Gasteiger partial charge in [-0.25, -0.2) is 0 Å². The van der Waals surface area contributed by atoms with Gasteiger partial charge in [-0.15, -0.1) is 0 Å². The van der Waals surface area contributed by atoms with Crippen LogP contribution in [0, 0.1) is 0 Å². The van der Waals surface area contributed by atoms with Gasteiger partial charge in [0.2, 0.25) is 0 Å². The van der Waals surface area contributed by atoms with Crippen LogP contribution < -0.4 is 20.1 Å². The van der Waals surface area contributed by atoms with E-state index in [0.717, 1.165) is 12.1 Å². The monoisotopic (exact) mass is 384 g/mol. The number of nitrogens with one attached hydrogen (secondary N) is 2. The number of piperazine rings is 1. The van der Waals surface area contributed by atoms with Gasteiger partial charge in [-0.2, -0.15) is 0 Å². The lowest BCUT2D eigenvalue weighted by Crippen LogP contribution is -2.48. The Balaban J connectivity index is 1.81. The van der Waals surface area contributed by atoms with E-state index in [-0.39, 0.29) is 24.5 Å². The quantitative estimate of drug-likeness (QED) is 0.772. The summed E-state index contributed by atoms with van der Waals surface area (Å²) in [6, 6.07) is 8.73. The highest BCUT2D eigenvalue weighted by atomic mass is 16.5. The summed E-state index contributed by atoms with van der Waals surface area (Å²) in [6.07, 6.45) is 3.50. The molecule has 1 atom stereocenters. The van der Waals surface area contributed by atoms with Gasteiger partial charge >= 0.3 is 0 Å². The summed E-state index contributed by atoms with van der Waals surface area (Å²) in [7, 11) is 3.04. The van der Waals surface area contributed by atoms with E-state index in [1.807, 2.05) is 17.0 Å². The van der Waals surface area contributed by atoms with Crippen LogP contribution in [0.4, 0.5) is 0 Å². The Morgan fingerprint density at radius 2 is 2.18 bits per heavy atom. The van der Waals surface area contributed by atoms with Gasteiger partial charge in [0, 0.05) is 44.6 Å². The summed E-state index contributed by atoms with van der Waals surface area (Å²) < 4.78 is 10.8. The van der Waals surface area contributed by atoms with Gasteiger partial charge in [-0.05, 0) is 29.8 Å². The second-order valence-corrected chi connectivity index (χ2v) is 6.33. The molecule has 2 N–H and O–H groups in total. The van der Waals surface area contributed by atoms with Crippen LogP contribution in [0.1, 0.15) is 22.0 Å². The molecule has 1 aromatic carbocycles. The minimum absolute atomic E-state index is 0.0912. The summed E-state index contributed by atoms with van der Waals surface area (Å²) in [6.45, 7) is 1.87. The maximum atomic E-state index is 13.2. The lowest BCUT2D eigenvalue weighted by molar-refractivity contribution is -0.122. The number of benzene rings is 1. The van der Waals surface area contributed by atoms with Gasteiger partial charge in [0.15, 0.2) is 18.1 Å². The van der Waals surface area contributed by atoms with Crippen molar-refractivity contribution in [3.8, 4) is 11.5 Å². The summed E-state index contributed by atoms with van der Waals surface area (Å²) in [5.41, 5.74) is 1.49. The highest BCUT2D eigenvalue weighted by Gasteiger charge is 2.29. The van der Waals surface area contributed by atoms with E-state index in [0.29, 0.717) is 30.2 Å². The second kappa shape index (κ2) is 9.18. The first kappa shape index (κ1) is 19.6. The van der Waals surface area contributed by atoms with Gasteiger partial charge in [0.05, 0.1) is 13.2 Å². The topological polar surface area (TPSA) is 92.8 Å². The molecular weight excluding hydrogens is 360 g/mol. The molecule has 0 saturated carbocycles. The third kappa shape index (κ3) is 4.40. The Labute approximate surface area is 163 Å². The number of rotatable bonds is 6. The third-order valence-corrected chi connectivity index (χ3v) is 4.62. The predicted molar refractivity (Wildman–Crippen MR) is 103 cm³/mol. The molecule has 1 fully saturated rings. The van der Waals surface area contributed by atoms with E-state index in [1.54, 1.807) is 30.6 Å². The van der Waals surface area contributed by atoms with Crippen molar-refractivity contribution in [1.82, 2.24) is 20.5 Å². The summed E-state index contributed by atoms with van der Waals surface area (Å²) in [5.74, 6) is 0.475. The Morgan fingerprint density at radius 3 is 2.89 bits per heavy atom. The van der Waals surface area contributed by atoms with E-state index < -0.39 is 0 Å². The van der Waals surface area contributed by atoms with E-state index in [4.69, 9.17) is 9.47 Å². The highest BCUT2D eigenvalue weighted by Crippen LogP contribution is 2.30. The van der Waals surface area contributed by atoms with Crippen molar-refractivity contribution in [3.05, 3.63) is 53.9 Å². The molecule has 28 heavy (non-hydrogen) atoms. The zero-order valence-corrected chi connectivity index (χ0v) is 16.0. The van der Waals surface area contributed by atoms with Gasteiger partial charge in [0.25, 0.3) is 11.8 Å². The minimum atomic E-state index is -0.248. The number of methoxy groups -OCH3 is 1. The summed E-state index contributed by atoms with van der Waals surface area (Å²) in [5, 5.41) is 5.82. The van der Waals surface area contributed by atoms with Crippen LogP contribution in [0.5, 0.6) is 11.5 Å². The van der Waals surface area contributed by atoms with Crippen LogP contribution in [-0.4, -0.2) is 62.1 Å². The van der Waals surface area contributed by atoms with E-state index in [9.17, 15) is 9.59 Å². The number of amides is 2. The van der Waals surface area contributed by atoms with E-state index in [1.165, 1.54) is 14.2 Å². The molecule has 1 aliphatic rings. The fourth-order valence-corrected chi connectivity index (χ4v) is 3.12.